The molecule has 1 aliphatic rings. The fourth-order valence-corrected chi connectivity index (χ4v) is 2.82. The molecule has 4 heteroatoms. The average Bonchev–Trinajstić information content (AvgIpc) is 2.53. The van der Waals surface area contributed by atoms with Crippen LogP contribution in [0.15, 0.2) is 12.1 Å². The van der Waals surface area contributed by atoms with Crippen molar-refractivity contribution in [1.82, 2.24) is 4.98 Å². The van der Waals surface area contributed by atoms with E-state index in [0.29, 0.717) is 4.47 Å². The molecule has 0 aliphatic carbocycles. The van der Waals surface area contributed by atoms with Crippen LogP contribution in [0.25, 0.3) is 10.2 Å². The van der Waals surface area contributed by atoms with Gasteiger partial charge in [0.25, 0.3) is 0 Å². The summed E-state index contributed by atoms with van der Waals surface area (Å²) < 4.78 is 7.31. The number of rotatable bonds is 0. The summed E-state index contributed by atoms with van der Waals surface area (Å²) >= 11 is 7.38. The molecule has 0 saturated carbocycles. The zero-order valence-corrected chi connectivity index (χ0v) is 8.99. The summed E-state index contributed by atoms with van der Waals surface area (Å²) in [4.78, 5) is 4.23. The quantitative estimate of drug-likeness (QED) is 0.687. The SMILES string of the molecule is Clc1nc2cc3c(cc2s1)CCCO3. The van der Waals surface area contributed by atoms with Gasteiger partial charge in [-0.3, -0.25) is 0 Å². The second-order valence-electron chi connectivity index (χ2n) is 3.35. The third-order valence-corrected chi connectivity index (χ3v) is 3.52. The standard InChI is InChI=1S/C10H8ClNOS/c11-10-12-7-5-8-6(2-1-3-13-8)4-9(7)14-10/h4-5H,1-3H2. The van der Waals surface area contributed by atoms with Crippen LogP contribution in [0.3, 0.4) is 0 Å². The maximum Gasteiger partial charge on any atom is 0.184 e. The Morgan fingerprint density at radius 1 is 1.43 bits per heavy atom. The predicted octanol–water partition coefficient (Wildman–Crippen LogP) is 3.27. The van der Waals surface area contributed by atoms with Gasteiger partial charge in [0.15, 0.2) is 4.47 Å². The first-order valence-electron chi connectivity index (χ1n) is 4.55. The molecule has 1 aromatic heterocycles. The van der Waals surface area contributed by atoms with E-state index in [1.807, 2.05) is 6.07 Å². The van der Waals surface area contributed by atoms with Crippen molar-refractivity contribution >= 4 is 33.2 Å². The van der Waals surface area contributed by atoms with E-state index in [0.717, 1.165) is 35.4 Å². The van der Waals surface area contributed by atoms with Crippen molar-refractivity contribution in [3.8, 4) is 5.75 Å². The minimum Gasteiger partial charge on any atom is -0.493 e. The molecule has 1 aromatic carbocycles. The highest BCUT2D eigenvalue weighted by atomic mass is 35.5. The second kappa shape index (κ2) is 3.11. The van der Waals surface area contributed by atoms with Gasteiger partial charge in [0.1, 0.15) is 5.75 Å². The van der Waals surface area contributed by atoms with Crippen LogP contribution < -0.4 is 4.74 Å². The molecule has 0 saturated heterocycles. The molecule has 0 fully saturated rings. The van der Waals surface area contributed by atoms with Gasteiger partial charge in [-0.05, 0) is 24.5 Å². The average molecular weight is 226 g/mol. The van der Waals surface area contributed by atoms with Crippen LogP contribution in [0.2, 0.25) is 4.47 Å². The molecule has 72 valence electrons. The molecule has 0 N–H and O–H groups in total. The van der Waals surface area contributed by atoms with Gasteiger partial charge in [0, 0.05) is 6.07 Å². The van der Waals surface area contributed by atoms with Gasteiger partial charge in [-0.15, -0.1) is 11.3 Å². The highest BCUT2D eigenvalue weighted by Gasteiger charge is 2.13. The Morgan fingerprint density at radius 2 is 2.36 bits per heavy atom. The Morgan fingerprint density at radius 3 is 3.29 bits per heavy atom. The van der Waals surface area contributed by atoms with Gasteiger partial charge in [-0.1, -0.05) is 11.6 Å². The zero-order valence-electron chi connectivity index (χ0n) is 7.42. The van der Waals surface area contributed by atoms with Gasteiger partial charge in [0.05, 0.1) is 16.8 Å². The largest absolute Gasteiger partial charge is 0.493 e. The fraction of sp³-hybridized carbons (Fsp3) is 0.300. The van der Waals surface area contributed by atoms with Crippen molar-refractivity contribution in [3.05, 3.63) is 22.2 Å². The van der Waals surface area contributed by atoms with Crippen molar-refractivity contribution in [1.29, 1.82) is 0 Å². The molecule has 0 amide bonds. The molecule has 14 heavy (non-hydrogen) atoms. The lowest BCUT2D eigenvalue weighted by Gasteiger charge is -2.16. The number of hydrogen-bond acceptors (Lipinski definition) is 3. The van der Waals surface area contributed by atoms with Gasteiger partial charge in [0.2, 0.25) is 0 Å². The maximum atomic E-state index is 5.86. The molecule has 2 heterocycles. The van der Waals surface area contributed by atoms with Gasteiger partial charge < -0.3 is 4.74 Å². The molecule has 0 atom stereocenters. The summed E-state index contributed by atoms with van der Waals surface area (Å²) in [5.74, 6) is 0.978. The van der Waals surface area contributed by atoms with E-state index in [2.05, 4.69) is 11.1 Å². The molecular weight excluding hydrogens is 218 g/mol. The Kier molecular flexibility index (Phi) is 1.89. The molecule has 1 aliphatic heterocycles. The third kappa shape index (κ3) is 1.28. The highest BCUT2D eigenvalue weighted by molar-refractivity contribution is 7.22. The summed E-state index contributed by atoms with van der Waals surface area (Å²) in [6.07, 6.45) is 2.20. The van der Waals surface area contributed by atoms with Crippen molar-refractivity contribution in [2.24, 2.45) is 0 Å². The van der Waals surface area contributed by atoms with E-state index in [9.17, 15) is 0 Å². The van der Waals surface area contributed by atoms with E-state index in [4.69, 9.17) is 16.3 Å². The van der Waals surface area contributed by atoms with Crippen LogP contribution in [0.1, 0.15) is 12.0 Å². The minimum absolute atomic E-state index is 0.599. The summed E-state index contributed by atoms with van der Waals surface area (Å²) in [6.45, 7) is 0.816. The monoisotopic (exact) mass is 225 g/mol. The number of fused-ring (bicyclic) bond motifs is 2. The first-order chi connectivity index (χ1) is 6.83. The van der Waals surface area contributed by atoms with E-state index in [1.54, 1.807) is 0 Å². The minimum atomic E-state index is 0.599. The van der Waals surface area contributed by atoms with E-state index >= 15 is 0 Å². The summed E-state index contributed by atoms with van der Waals surface area (Å²) in [5.41, 5.74) is 2.23. The van der Waals surface area contributed by atoms with Gasteiger partial charge in [-0.2, -0.15) is 0 Å². The number of benzene rings is 1. The maximum absolute atomic E-state index is 5.86. The lowest BCUT2D eigenvalue weighted by atomic mass is 10.1. The molecule has 2 nitrogen and oxygen atoms in total. The molecule has 3 rings (SSSR count). The molecule has 0 spiro atoms. The normalized spacial score (nSPS) is 15.2. The lowest BCUT2D eigenvalue weighted by Crippen LogP contribution is -2.07. The van der Waals surface area contributed by atoms with E-state index in [1.165, 1.54) is 16.9 Å². The van der Waals surface area contributed by atoms with Crippen molar-refractivity contribution in [3.63, 3.8) is 0 Å². The lowest BCUT2D eigenvalue weighted by molar-refractivity contribution is 0.289. The number of halogens is 1. The summed E-state index contributed by atoms with van der Waals surface area (Å²) in [6, 6.07) is 4.14. The Hall–Kier alpha value is -0.800. The molecule has 0 unspecified atom stereocenters. The third-order valence-electron chi connectivity index (χ3n) is 2.39. The number of thiazole rings is 1. The highest BCUT2D eigenvalue weighted by Crippen LogP contribution is 2.33. The number of nitrogens with zero attached hydrogens (tertiary/aromatic N) is 1. The Bertz CT molecular complexity index is 451. The van der Waals surface area contributed by atoms with E-state index < -0.39 is 0 Å². The fourth-order valence-electron chi connectivity index (χ4n) is 1.74. The summed E-state index contributed by atoms with van der Waals surface area (Å²) in [5, 5.41) is 0. The van der Waals surface area contributed by atoms with Crippen molar-refractivity contribution < 1.29 is 4.74 Å². The number of ether oxygens (including phenoxy) is 1. The molecule has 2 aromatic rings. The van der Waals surface area contributed by atoms with Crippen LogP contribution in [0, 0.1) is 0 Å². The van der Waals surface area contributed by atoms with Crippen LogP contribution in [0.5, 0.6) is 5.75 Å². The topological polar surface area (TPSA) is 22.1 Å². The van der Waals surface area contributed by atoms with Gasteiger partial charge >= 0.3 is 0 Å². The first-order valence-corrected chi connectivity index (χ1v) is 5.74. The smallest absolute Gasteiger partial charge is 0.184 e. The van der Waals surface area contributed by atoms with Crippen LogP contribution >= 0.6 is 22.9 Å². The molecule has 0 radical (unpaired) electrons. The zero-order chi connectivity index (χ0) is 9.54. The van der Waals surface area contributed by atoms with Crippen LogP contribution in [0.4, 0.5) is 0 Å². The van der Waals surface area contributed by atoms with Crippen LogP contribution in [-0.2, 0) is 6.42 Å². The number of aryl methyl sites for hydroxylation is 1. The van der Waals surface area contributed by atoms with Crippen LogP contribution in [-0.4, -0.2) is 11.6 Å². The summed E-state index contributed by atoms with van der Waals surface area (Å²) in [7, 11) is 0. The second-order valence-corrected chi connectivity index (χ2v) is 4.96. The predicted molar refractivity (Wildman–Crippen MR) is 58.4 cm³/mol. The Balaban J connectivity index is 2.26. The van der Waals surface area contributed by atoms with Crippen molar-refractivity contribution in [2.75, 3.05) is 6.61 Å². The Labute approximate surface area is 90.5 Å². The molecule has 0 bridgehead atoms. The van der Waals surface area contributed by atoms with Gasteiger partial charge in [-0.25, -0.2) is 4.98 Å². The number of aromatic nitrogens is 1. The van der Waals surface area contributed by atoms with E-state index in [-0.39, 0.29) is 0 Å². The van der Waals surface area contributed by atoms with Crippen molar-refractivity contribution in [2.45, 2.75) is 12.8 Å². The molecular formula is C10H8ClNOS. The number of hydrogen-bond donors (Lipinski definition) is 0. The first kappa shape index (κ1) is 8.50.